The number of nitrogens with zero attached hydrogens (tertiary/aromatic N) is 1. The third kappa shape index (κ3) is 0.976. The quantitative estimate of drug-likeness (QED) is 0.528. The maximum absolute atomic E-state index is 11.1. The Hall–Kier alpha value is -0.770. The monoisotopic (exact) mass is 156 g/mol. The van der Waals surface area contributed by atoms with E-state index in [1.807, 2.05) is 6.92 Å². The summed E-state index contributed by atoms with van der Waals surface area (Å²) in [4.78, 5) is 12.9. The molecule has 0 aromatic carbocycles. The first kappa shape index (κ1) is 6.91. The minimum atomic E-state index is -0.149. The van der Waals surface area contributed by atoms with Gasteiger partial charge in [0.1, 0.15) is 6.10 Å². The molecule has 2 atom stereocenters. The molecule has 2 heterocycles. The topological polar surface area (TPSA) is 41.6 Å². The lowest BCUT2D eigenvalue weighted by molar-refractivity contribution is 0.138. The molecule has 0 saturated carbocycles. The highest BCUT2D eigenvalue weighted by Gasteiger charge is 2.39. The van der Waals surface area contributed by atoms with Gasteiger partial charge in [-0.1, -0.05) is 0 Å². The molecule has 0 aliphatic carbocycles. The molecule has 0 spiro atoms. The van der Waals surface area contributed by atoms with E-state index in [0.717, 1.165) is 19.6 Å². The van der Waals surface area contributed by atoms with Crippen molar-refractivity contribution in [2.24, 2.45) is 0 Å². The molecule has 0 bridgehead atoms. The second-order valence-corrected chi connectivity index (χ2v) is 3.05. The average Bonchev–Trinajstić information content (AvgIpc) is 2.30. The van der Waals surface area contributed by atoms with Gasteiger partial charge in [0.15, 0.2) is 0 Å². The van der Waals surface area contributed by atoms with Crippen molar-refractivity contribution in [3.8, 4) is 0 Å². The predicted molar refractivity (Wildman–Crippen MR) is 39.3 cm³/mol. The van der Waals surface area contributed by atoms with E-state index in [-0.39, 0.29) is 18.2 Å². The van der Waals surface area contributed by atoms with E-state index in [9.17, 15) is 4.79 Å². The molecule has 11 heavy (non-hydrogen) atoms. The molecule has 62 valence electrons. The third-order valence-electron chi connectivity index (χ3n) is 2.35. The van der Waals surface area contributed by atoms with Crippen molar-refractivity contribution in [1.82, 2.24) is 10.2 Å². The van der Waals surface area contributed by atoms with Crippen LogP contribution in [-0.4, -0.2) is 42.8 Å². The van der Waals surface area contributed by atoms with E-state index >= 15 is 0 Å². The van der Waals surface area contributed by atoms with E-state index in [4.69, 9.17) is 4.74 Å². The van der Waals surface area contributed by atoms with Gasteiger partial charge in [0.25, 0.3) is 0 Å². The summed E-state index contributed by atoms with van der Waals surface area (Å²) in [6.07, 6.45) is -0.0979. The fourth-order valence-corrected chi connectivity index (χ4v) is 1.68. The number of ether oxygens (including phenoxy) is 1. The van der Waals surface area contributed by atoms with Gasteiger partial charge in [0, 0.05) is 19.6 Å². The van der Waals surface area contributed by atoms with Crippen LogP contribution in [0.4, 0.5) is 4.79 Å². The molecule has 0 aromatic rings. The summed E-state index contributed by atoms with van der Waals surface area (Å²) in [6, 6.07) is 0.260. The Balaban J connectivity index is 2.13. The molecule has 4 heteroatoms. The van der Waals surface area contributed by atoms with Crippen LogP contribution in [0.5, 0.6) is 0 Å². The molecule has 1 N–H and O–H groups in total. The van der Waals surface area contributed by atoms with Gasteiger partial charge < -0.3 is 10.1 Å². The highest BCUT2D eigenvalue weighted by molar-refractivity contribution is 5.70. The molecule has 2 saturated heterocycles. The fourth-order valence-electron chi connectivity index (χ4n) is 1.68. The smallest absolute Gasteiger partial charge is 0.410 e. The Bertz CT molecular complexity index is 183. The summed E-state index contributed by atoms with van der Waals surface area (Å²) in [5, 5.41) is 3.23. The summed E-state index contributed by atoms with van der Waals surface area (Å²) >= 11 is 0. The molecule has 2 fully saturated rings. The van der Waals surface area contributed by atoms with Crippen LogP contribution in [0, 0.1) is 0 Å². The lowest BCUT2D eigenvalue weighted by Crippen LogP contribution is -2.51. The maximum Gasteiger partial charge on any atom is 0.410 e. The van der Waals surface area contributed by atoms with Crippen molar-refractivity contribution in [2.45, 2.75) is 19.1 Å². The largest absolute Gasteiger partial charge is 0.444 e. The molecule has 2 aliphatic rings. The Morgan fingerprint density at radius 1 is 1.73 bits per heavy atom. The number of carbonyl (C=O) groups excluding carboxylic acids is 1. The van der Waals surface area contributed by atoms with E-state index < -0.39 is 0 Å². The van der Waals surface area contributed by atoms with Gasteiger partial charge in [-0.15, -0.1) is 0 Å². The lowest BCUT2D eigenvalue weighted by atomic mass is 10.1. The molecule has 2 unspecified atom stereocenters. The van der Waals surface area contributed by atoms with Gasteiger partial charge in [0.05, 0.1) is 6.04 Å². The number of carbonyl (C=O) groups is 1. The van der Waals surface area contributed by atoms with Crippen LogP contribution >= 0.6 is 0 Å². The van der Waals surface area contributed by atoms with Gasteiger partial charge in [-0.3, -0.25) is 4.90 Å². The van der Waals surface area contributed by atoms with E-state index in [0.29, 0.717) is 0 Å². The number of fused-ring (bicyclic) bond motifs is 1. The third-order valence-corrected chi connectivity index (χ3v) is 2.35. The molecule has 2 aliphatic heterocycles. The number of amides is 1. The van der Waals surface area contributed by atoms with Crippen molar-refractivity contribution in [3.05, 3.63) is 0 Å². The minimum Gasteiger partial charge on any atom is -0.444 e. The van der Waals surface area contributed by atoms with E-state index in [1.165, 1.54) is 0 Å². The van der Waals surface area contributed by atoms with Crippen molar-refractivity contribution in [3.63, 3.8) is 0 Å². The van der Waals surface area contributed by atoms with Crippen LogP contribution in [0.15, 0.2) is 0 Å². The zero-order valence-corrected chi connectivity index (χ0v) is 6.54. The zero-order valence-electron chi connectivity index (χ0n) is 6.54. The van der Waals surface area contributed by atoms with Crippen LogP contribution in [0.3, 0.4) is 0 Å². The predicted octanol–water partition coefficient (Wildman–Crippen LogP) is -0.201. The summed E-state index contributed by atoms with van der Waals surface area (Å²) in [6.45, 7) is 4.48. The first-order chi connectivity index (χ1) is 5.29. The van der Waals surface area contributed by atoms with Gasteiger partial charge in [-0.25, -0.2) is 4.79 Å². The number of hydrogen-bond donors (Lipinski definition) is 1. The van der Waals surface area contributed by atoms with Crippen molar-refractivity contribution in [1.29, 1.82) is 0 Å². The van der Waals surface area contributed by atoms with Gasteiger partial charge in [-0.05, 0) is 6.92 Å². The first-order valence-corrected chi connectivity index (χ1v) is 3.97. The van der Waals surface area contributed by atoms with Gasteiger partial charge >= 0.3 is 6.09 Å². The highest BCUT2D eigenvalue weighted by atomic mass is 16.6. The SMILES string of the molecule is CC1OC(=O)N2CCNCC12. The number of rotatable bonds is 0. The molecule has 4 nitrogen and oxygen atoms in total. The summed E-state index contributed by atoms with van der Waals surface area (Å²) < 4.78 is 5.06. The highest BCUT2D eigenvalue weighted by Crippen LogP contribution is 2.19. The second-order valence-electron chi connectivity index (χ2n) is 3.05. The Morgan fingerprint density at radius 2 is 2.55 bits per heavy atom. The first-order valence-electron chi connectivity index (χ1n) is 3.97. The summed E-state index contributed by atoms with van der Waals surface area (Å²) in [5.74, 6) is 0. The number of cyclic esters (lactones) is 1. The Labute approximate surface area is 65.5 Å². The molecular formula is C7H12N2O2. The van der Waals surface area contributed by atoms with E-state index in [1.54, 1.807) is 4.90 Å². The van der Waals surface area contributed by atoms with Crippen LogP contribution in [0.2, 0.25) is 0 Å². The number of piperazine rings is 1. The van der Waals surface area contributed by atoms with Crippen molar-refractivity contribution >= 4 is 6.09 Å². The zero-order chi connectivity index (χ0) is 7.84. The number of hydrogen-bond acceptors (Lipinski definition) is 3. The number of nitrogens with one attached hydrogen (secondary N) is 1. The van der Waals surface area contributed by atoms with Gasteiger partial charge in [0.2, 0.25) is 0 Å². The average molecular weight is 156 g/mol. The Kier molecular flexibility index (Phi) is 1.49. The van der Waals surface area contributed by atoms with Gasteiger partial charge in [-0.2, -0.15) is 0 Å². The minimum absolute atomic E-state index is 0.0512. The molecule has 1 amide bonds. The summed E-state index contributed by atoms with van der Waals surface area (Å²) in [7, 11) is 0. The van der Waals surface area contributed by atoms with Crippen LogP contribution in [0.1, 0.15) is 6.92 Å². The standard InChI is InChI=1S/C7H12N2O2/c1-5-6-4-8-2-3-9(6)7(10)11-5/h5-6,8H,2-4H2,1H3. The van der Waals surface area contributed by atoms with Crippen LogP contribution in [0.25, 0.3) is 0 Å². The molecular weight excluding hydrogens is 144 g/mol. The summed E-state index contributed by atoms with van der Waals surface area (Å²) in [5.41, 5.74) is 0. The Morgan fingerprint density at radius 3 is 3.27 bits per heavy atom. The van der Waals surface area contributed by atoms with Crippen LogP contribution < -0.4 is 5.32 Å². The normalized spacial score (nSPS) is 36.8. The second kappa shape index (κ2) is 2.37. The lowest BCUT2D eigenvalue weighted by Gasteiger charge is -2.28. The van der Waals surface area contributed by atoms with Crippen molar-refractivity contribution in [2.75, 3.05) is 19.6 Å². The molecule has 2 rings (SSSR count). The maximum atomic E-state index is 11.1. The van der Waals surface area contributed by atoms with E-state index in [2.05, 4.69) is 5.32 Å². The van der Waals surface area contributed by atoms with Crippen molar-refractivity contribution < 1.29 is 9.53 Å². The fraction of sp³-hybridized carbons (Fsp3) is 0.857. The van der Waals surface area contributed by atoms with Crippen LogP contribution in [-0.2, 0) is 4.74 Å². The molecule has 0 aromatic heterocycles. The molecule has 0 radical (unpaired) electrons.